The fraction of sp³-hybridized carbons (Fsp3) is 0.733. The lowest BCUT2D eigenvalue weighted by Crippen LogP contribution is -2.28. The quantitative estimate of drug-likeness (QED) is 0.654. The van der Waals surface area contributed by atoms with Crippen LogP contribution in [0.3, 0.4) is 0 Å². The maximum atomic E-state index is 9.30. The van der Waals surface area contributed by atoms with E-state index in [1.807, 2.05) is 6.92 Å². The molecule has 6 nitrogen and oxygen atoms in total. The predicted octanol–water partition coefficient (Wildman–Crippen LogP) is 3.25. The summed E-state index contributed by atoms with van der Waals surface area (Å²) in [6.07, 6.45) is 6.47. The number of hydrogen-bond donors (Lipinski definition) is 2. The van der Waals surface area contributed by atoms with Crippen LogP contribution in [-0.4, -0.2) is 31.2 Å². The highest BCUT2D eigenvalue weighted by molar-refractivity contribution is 6.34. The van der Waals surface area contributed by atoms with Crippen molar-refractivity contribution in [3.8, 4) is 0 Å². The van der Waals surface area contributed by atoms with Crippen LogP contribution in [0.4, 0.5) is 0 Å². The summed E-state index contributed by atoms with van der Waals surface area (Å²) in [6.45, 7) is 1.89. The zero-order valence-corrected chi connectivity index (χ0v) is 13.4. The normalized spacial score (nSPS) is 28.8. The van der Waals surface area contributed by atoms with Gasteiger partial charge < -0.3 is 0 Å². The van der Waals surface area contributed by atoms with Crippen molar-refractivity contribution < 1.29 is 10.1 Å². The van der Waals surface area contributed by atoms with Gasteiger partial charge in [-0.25, -0.2) is 9.87 Å². The Morgan fingerprint density at radius 3 is 2.95 bits per heavy atom. The van der Waals surface area contributed by atoms with Crippen molar-refractivity contribution in [2.45, 2.75) is 51.6 Å². The van der Waals surface area contributed by atoms with Crippen molar-refractivity contribution >= 4 is 17.2 Å². The minimum atomic E-state index is -0.102. The molecule has 2 aliphatic carbocycles. The van der Waals surface area contributed by atoms with Gasteiger partial charge in [-0.15, -0.1) is 5.10 Å². The van der Waals surface area contributed by atoms with Crippen molar-refractivity contribution in [3.63, 3.8) is 0 Å². The molecule has 2 saturated carbocycles. The van der Waals surface area contributed by atoms with Crippen molar-refractivity contribution in [3.05, 3.63) is 16.5 Å². The number of nitrogens with zero attached hydrogens (tertiary/aromatic N) is 3. The van der Waals surface area contributed by atoms with E-state index in [9.17, 15) is 5.26 Å². The van der Waals surface area contributed by atoms with Gasteiger partial charge in [0, 0.05) is 6.42 Å². The number of hydrogen-bond acceptors (Lipinski definition) is 4. The van der Waals surface area contributed by atoms with Crippen LogP contribution in [0, 0.1) is 24.7 Å². The van der Waals surface area contributed by atoms with Gasteiger partial charge in [0.25, 0.3) is 0 Å². The van der Waals surface area contributed by atoms with Gasteiger partial charge in [0.2, 0.25) is 0 Å². The van der Waals surface area contributed by atoms with Gasteiger partial charge in [0.05, 0.1) is 11.8 Å². The lowest BCUT2D eigenvalue weighted by atomic mass is 9.83. The molecule has 4 unspecified atom stereocenters. The molecule has 4 atom stereocenters. The molecule has 0 aromatic carbocycles. The number of rotatable bonds is 5. The molecule has 2 bridgehead atoms. The minimum absolute atomic E-state index is 0.102. The van der Waals surface area contributed by atoms with Gasteiger partial charge in [0.1, 0.15) is 5.02 Å². The maximum absolute atomic E-state index is 9.30. The molecule has 0 radical (unpaired) electrons. The first-order valence-corrected chi connectivity index (χ1v) is 8.43. The third-order valence-corrected chi connectivity index (χ3v) is 5.96. The second-order valence-corrected chi connectivity index (χ2v) is 7.21. The molecule has 0 amide bonds. The number of H-pyrrole nitrogens is 1. The first-order chi connectivity index (χ1) is 10.7. The number of halogens is 1. The van der Waals surface area contributed by atoms with Crippen LogP contribution in [0.25, 0.3) is 5.65 Å². The van der Waals surface area contributed by atoms with Gasteiger partial charge in [-0.05, 0) is 50.4 Å². The average molecular weight is 325 g/mol. The minimum Gasteiger partial charge on any atom is -0.279 e. The van der Waals surface area contributed by atoms with E-state index in [1.165, 1.54) is 25.7 Å². The maximum Gasteiger partial charge on any atom is 0.194 e. The number of fused-ring (bicyclic) bond motifs is 3. The summed E-state index contributed by atoms with van der Waals surface area (Å²) in [7, 11) is 0. The molecule has 2 aromatic rings. The number of nitrogens with one attached hydrogen (secondary N) is 1. The summed E-state index contributed by atoms with van der Waals surface area (Å²) in [6, 6.07) is 0. The Morgan fingerprint density at radius 2 is 2.32 bits per heavy atom. The number of aryl methyl sites for hydroxylation is 2. The predicted molar refractivity (Wildman–Crippen MR) is 81.8 cm³/mol. The molecule has 2 aromatic heterocycles. The fourth-order valence-corrected chi connectivity index (χ4v) is 4.59. The number of aromatic nitrogens is 4. The third kappa shape index (κ3) is 2.33. The van der Waals surface area contributed by atoms with E-state index >= 15 is 0 Å². The van der Waals surface area contributed by atoms with E-state index in [0.29, 0.717) is 23.0 Å². The first kappa shape index (κ1) is 14.5. The van der Waals surface area contributed by atoms with Crippen molar-refractivity contribution in [1.29, 1.82) is 0 Å². The molecular weight excluding hydrogens is 304 g/mol. The average Bonchev–Trinajstić information content (AvgIpc) is 3.25. The summed E-state index contributed by atoms with van der Waals surface area (Å²) in [5.41, 5.74) is 1.53. The lowest BCUT2D eigenvalue weighted by Gasteiger charge is -2.27. The summed E-state index contributed by atoms with van der Waals surface area (Å²) < 4.78 is 1.61. The smallest absolute Gasteiger partial charge is 0.194 e. The highest BCUT2D eigenvalue weighted by Gasteiger charge is 2.43. The Labute approximate surface area is 133 Å². The summed E-state index contributed by atoms with van der Waals surface area (Å²) >= 11 is 6.17. The SMILES string of the molecule is Cc1[nH]n2nc(CCC(OO)C3CC4CCC3C4)nc2c1Cl. The van der Waals surface area contributed by atoms with Crippen LogP contribution in [-0.2, 0) is 11.3 Å². The van der Waals surface area contributed by atoms with Crippen molar-refractivity contribution in [2.75, 3.05) is 0 Å². The van der Waals surface area contributed by atoms with Gasteiger partial charge in [-0.3, -0.25) is 10.4 Å². The molecule has 2 aliphatic rings. The molecule has 4 rings (SSSR count). The standard InChI is InChI=1S/C15H21ClN4O2/c1-8-14(16)15-17-13(19-20(15)18-8)5-4-12(22-21)11-7-9-2-3-10(11)6-9/h9-12,18,21H,2-7H2,1H3. The van der Waals surface area contributed by atoms with Crippen LogP contribution < -0.4 is 0 Å². The molecule has 0 saturated heterocycles. The van der Waals surface area contributed by atoms with Crippen LogP contribution in [0.1, 0.15) is 43.6 Å². The Kier molecular flexibility index (Phi) is 3.63. The van der Waals surface area contributed by atoms with Crippen LogP contribution in [0.2, 0.25) is 5.02 Å². The van der Waals surface area contributed by atoms with E-state index in [2.05, 4.69) is 15.2 Å². The Balaban J connectivity index is 1.43. The highest BCUT2D eigenvalue weighted by atomic mass is 35.5. The summed E-state index contributed by atoms with van der Waals surface area (Å²) in [5, 5.41) is 17.4. The third-order valence-electron chi connectivity index (χ3n) is 5.51. The second-order valence-electron chi connectivity index (χ2n) is 6.84. The van der Waals surface area contributed by atoms with E-state index in [0.717, 1.165) is 29.8 Å². The topological polar surface area (TPSA) is 75.4 Å². The van der Waals surface area contributed by atoms with Crippen molar-refractivity contribution in [1.82, 2.24) is 19.8 Å². The molecular formula is C15H21ClN4O2. The van der Waals surface area contributed by atoms with E-state index in [-0.39, 0.29) is 6.10 Å². The van der Waals surface area contributed by atoms with Gasteiger partial charge in [-0.2, -0.15) is 4.63 Å². The molecule has 120 valence electrons. The van der Waals surface area contributed by atoms with Crippen LogP contribution >= 0.6 is 11.6 Å². The fourth-order valence-electron chi connectivity index (χ4n) is 4.42. The Bertz CT molecular complexity index is 682. The first-order valence-electron chi connectivity index (χ1n) is 8.05. The zero-order chi connectivity index (χ0) is 15.3. The van der Waals surface area contributed by atoms with Crippen LogP contribution in [0.5, 0.6) is 0 Å². The molecule has 2 heterocycles. The van der Waals surface area contributed by atoms with E-state index < -0.39 is 0 Å². The van der Waals surface area contributed by atoms with Crippen molar-refractivity contribution in [2.24, 2.45) is 17.8 Å². The molecule has 0 aliphatic heterocycles. The van der Waals surface area contributed by atoms with Crippen LogP contribution in [0.15, 0.2) is 0 Å². The highest BCUT2D eigenvalue weighted by Crippen LogP contribution is 2.50. The van der Waals surface area contributed by atoms with E-state index in [1.54, 1.807) is 4.63 Å². The molecule has 7 heteroatoms. The van der Waals surface area contributed by atoms with Gasteiger partial charge in [-0.1, -0.05) is 18.0 Å². The molecule has 0 spiro atoms. The summed E-state index contributed by atoms with van der Waals surface area (Å²) in [4.78, 5) is 9.28. The van der Waals surface area contributed by atoms with Gasteiger partial charge in [0.15, 0.2) is 11.5 Å². The van der Waals surface area contributed by atoms with Gasteiger partial charge >= 0.3 is 0 Å². The molecule has 2 N–H and O–H groups in total. The summed E-state index contributed by atoms with van der Waals surface area (Å²) in [5.74, 6) is 2.79. The zero-order valence-electron chi connectivity index (χ0n) is 12.6. The number of aromatic amines is 1. The molecule has 2 fully saturated rings. The molecule has 22 heavy (non-hydrogen) atoms. The second kappa shape index (κ2) is 5.51. The van der Waals surface area contributed by atoms with E-state index in [4.69, 9.17) is 16.5 Å². The largest absolute Gasteiger partial charge is 0.279 e. The lowest BCUT2D eigenvalue weighted by molar-refractivity contribution is -0.294. The Morgan fingerprint density at radius 1 is 1.45 bits per heavy atom. The monoisotopic (exact) mass is 324 g/mol. The Hall–Kier alpha value is -1.11.